The molecule has 1 saturated heterocycles. The van der Waals surface area contributed by atoms with E-state index in [0.29, 0.717) is 10.7 Å². The van der Waals surface area contributed by atoms with Crippen molar-refractivity contribution in [2.45, 2.75) is 32.8 Å². The van der Waals surface area contributed by atoms with E-state index in [0.717, 1.165) is 10.5 Å². The molecule has 9 heteroatoms. The monoisotopic (exact) mass is 395 g/mol. The van der Waals surface area contributed by atoms with Crippen LogP contribution < -0.4 is 5.32 Å². The first kappa shape index (κ1) is 20.7. The molecule has 1 aromatic rings. The summed E-state index contributed by atoms with van der Waals surface area (Å²) < 4.78 is 5.11. The molecule has 1 aliphatic rings. The van der Waals surface area contributed by atoms with Crippen molar-refractivity contribution in [3.63, 3.8) is 0 Å². The molecular formula is C18H22ClN3O5. The van der Waals surface area contributed by atoms with Crippen molar-refractivity contribution >= 4 is 41.1 Å². The van der Waals surface area contributed by atoms with Gasteiger partial charge in [-0.2, -0.15) is 0 Å². The number of nitrogens with one attached hydrogen (secondary N) is 1. The van der Waals surface area contributed by atoms with Crippen LogP contribution in [0.25, 0.3) is 0 Å². The largest absolute Gasteiger partial charge is 0.453 e. The van der Waals surface area contributed by atoms with E-state index in [1.54, 1.807) is 25.1 Å². The van der Waals surface area contributed by atoms with E-state index in [1.807, 2.05) is 0 Å². The maximum Gasteiger partial charge on any atom is 0.326 e. The number of benzene rings is 1. The lowest BCUT2D eigenvalue weighted by molar-refractivity contribution is -0.153. The molecule has 1 fully saturated rings. The fourth-order valence-electron chi connectivity index (χ4n) is 2.56. The van der Waals surface area contributed by atoms with Gasteiger partial charge < -0.3 is 15.0 Å². The van der Waals surface area contributed by atoms with Crippen LogP contribution in [0.5, 0.6) is 0 Å². The first-order valence-electron chi connectivity index (χ1n) is 8.51. The van der Waals surface area contributed by atoms with Crippen molar-refractivity contribution in [2.24, 2.45) is 0 Å². The van der Waals surface area contributed by atoms with Crippen molar-refractivity contribution in [1.29, 1.82) is 0 Å². The second kappa shape index (κ2) is 8.85. The number of ether oxygens (including phenoxy) is 1. The Labute approximate surface area is 162 Å². The summed E-state index contributed by atoms with van der Waals surface area (Å²) in [6, 6.07) is 4.75. The van der Waals surface area contributed by atoms with Crippen LogP contribution in [0.4, 0.5) is 10.5 Å². The van der Waals surface area contributed by atoms with E-state index in [-0.39, 0.29) is 37.9 Å². The zero-order chi connectivity index (χ0) is 20.1. The average Bonchev–Trinajstić information content (AvgIpc) is 2.84. The normalized spacial score (nSPS) is 15.1. The van der Waals surface area contributed by atoms with Crippen LogP contribution in [0.3, 0.4) is 0 Å². The summed E-state index contributed by atoms with van der Waals surface area (Å²) in [7, 11) is 1.54. The van der Waals surface area contributed by atoms with Crippen molar-refractivity contribution in [3.05, 3.63) is 28.8 Å². The molecule has 0 aromatic heterocycles. The van der Waals surface area contributed by atoms with Crippen molar-refractivity contribution in [2.75, 3.05) is 25.5 Å². The van der Waals surface area contributed by atoms with Gasteiger partial charge in [0.1, 0.15) is 6.54 Å². The van der Waals surface area contributed by atoms with Crippen molar-refractivity contribution in [1.82, 2.24) is 9.80 Å². The molecule has 0 spiro atoms. The Morgan fingerprint density at radius 3 is 2.67 bits per heavy atom. The second-order valence-corrected chi connectivity index (χ2v) is 6.73. The highest BCUT2D eigenvalue weighted by Gasteiger charge is 2.33. The zero-order valence-corrected chi connectivity index (χ0v) is 16.2. The van der Waals surface area contributed by atoms with E-state index in [4.69, 9.17) is 16.3 Å². The van der Waals surface area contributed by atoms with Gasteiger partial charge in [-0.05, 0) is 38.0 Å². The quantitative estimate of drug-likeness (QED) is 0.564. The molecule has 1 atom stereocenters. The highest BCUT2D eigenvalue weighted by atomic mass is 35.5. The Morgan fingerprint density at radius 1 is 1.33 bits per heavy atom. The molecule has 1 aliphatic heterocycles. The van der Waals surface area contributed by atoms with Crippen LogP contribution in [0, 0.1) is 6.92 Å². The third-order valence-electron chi connectivity index (χ3n) is 4.20. The van der Waals surface area contributed by atoms with Gasteiger partial charge in [-0.1, -0.05) is 17.7 Å². The summed E-state index contributed by atoms with van der Waals surface area (Å²) in [6.07, 6.45) is -0.724. The van der Waals surface area contributed by atoms with Gasteiger partial charge in [-0.15, -0.1) is 0 Å². The van der Waals surface area contributed by atoms with Crippen LogP contribution in [0.1, 0.15) is 25.3 Å². The summed E-state index contributed by atoms with van der Waals surface area (Å²) in [5.41, 5.74) is 1.27. The van der Waals surface area contributed by atoms with Crippen LogP contribution in [0.2, 0.25) is 5.02 Å². The summed E-state index contributed by atoms with van der Waals surface area (Å²) in [5.74, 6) is -1.34. The van der Waals surface area contributed by atoms with E-state index in [1.165, 1.54) is 18.9 Å². The number of carbonyl (C=O) groups is 4. The maximum absolute atomic E-state index is 12.2. The number of anilines is 1. The fourth-order valence-corrected chi connectivity index (χ4v) is 2.73. The minimum Gasteiger partial charge on any atom is -0.453 e. The highest BCUT2D eigenvalue weighted by molar-refractivity contribution is 6.31. The Balaban J connectivity index is 1.78. The van der Waals surface area contributed by atoms with Gasteiger partial charge >= 0.3 is 12.0 Å². The van der Waals surface area contributed by atoms with Crippen LogP contribution >= 0.6 is 11.6 Å². The molecule has 0 saturated carbocycles. The predicted molar refractivity (Wildman–Crippen MR) is 99.3 cm³/mol. The molecule has 4 amide bonds. The van der Waals surface area contributed by atoms with Crippen LogP contribution in [-0.4, -0.2) is 59.9 Å². The molecule has 0 bridgehead atoms. The van der Waals surface area contributed by atoms with Crippen molar-refractivity contribution in [3.8, 4) is 0 Å². The molecule has 27 heavy (non-hydrogen) atoms. The highest BCUT2D eigenvalue weighted by Crippen LogP contribution is 2.23. The number of hydrogen-bond acceptors (Lipinski definition) is 5. The summed E-state index contributed by atoms with van der Waals surface area (Å²) >= 11 is 6.01. The third kappa shape index (κ3) is 5.19. The number of hydrogen-bond donors (Lipinski definition) is 1. The average molecular weight is 396 g/mol. The number of carbonyl (C=O) groups excluding carboxylic acids is 4. The van der Waals surface area contributed by atoms with Gasteiger partial charge in [0, 0.05) is 30.7 Å². The van der Waals surface area contributed by atoms with Gasteiger partial charge in [0.05, 0.1) is 0 Å². The number of imide groups is 1. The molecule has 0 radical (unpaired) electrons. The van der Waals surface area contributed by atoms with Gasteiger partial charge in [0.2, 0.25) is 5.91 Å². The van der Waals surface area contributed by atoms with Gasteiger partial charge in [0.15, 0.2) is 6.10 Å². The molecule has 2 rings (SSSR count). The molecule has 146 valence electrons. The number of halogens is 1. The number of urea groups is 1. The second-order valence-electron chi connectivity index (χ2n) is 6.32. The number of rotatable bonds is 7. The lowest BCUT2D eigenvalue weighted by Gasteiger charge is -2.16. The fraction of sp³-hybridized carbons (Fsp3) is 0.444. The first-order valence-corrected chi connectivity index (χ1v) is 8.89. The molecular weight excluding hydrogens is 374 g/mol. The van der Waals surface area contributed by atoms with E-state index >= 15 is 0 Å². The molecule has 0 aliphatic carbocycles. The predicted octanol–water partition coefficient (Wildman–Crippen LogP) is 2.19. The minimum atomic E-state index is -0.989. The van der Waals surface area contributed by atoms with E-state index in [9.17, 15) is 19.2 Å². The third-order valence-corrected chi connectivity index (χ3v) is 4.61. The number of likely N-dealkylation sites (N-methyl/N-ethyl adjacent to an activating group) is 1. The number of nitrogens with zero attached hydrogens (tertiary/aromatic N) is 2. The Bertz CT molecular complexity index is 767. The molecule has 1 heterocycles. The molecule has 1 N–H and O–H groups in total. The minimum absolute atomic E-state index is 0.00537. The van der Waals surface area contributed by atoms with E-state index < -0.39 is 18.0 Å². The zero-order valence-electron chi connectivity index (χ0n) is 15.5. The summed E-state index contributed by atoms with van der Waals surface area (Å²) in [4.78, 5) is 49.9. The smallest absolute Gasteiger partial charge is 0.326 e. The van der Waals surface area contributed by atoms with Crippen molar-refractivity contribution < 1.29 is 23.9 Å². The topological polar surface area (TPSA) is 96.0 Å². The van der Waals surface area contributed by atoms with Crippen LogP contribution in [0.15, 0.2) is 18.2 Å². The first-order chi connectivity index (χ1) is 12.7. The summed E-state index contributed by atoms with van der Waals surface area (Å²) in [6.45, 7) is 3.42. The maximum atomic E-state index is 12.2. The SMILES string of the molecule is Cc1c(Cl)cccc1NC(=O)[C@H](C)OC(=O)CCCN1C(=O)CN(C)C1=O. The standard InChI is InChI=1S/C18H22ClN3O5/c1-11-13(19)6-4-7-14(11)20-17(25)12(2)27-16(24)8-5-9-22-15(23)10-21(3)18(22)26/h4,6-7,12H,5,8-10H2,1-3H3,(H,20,25)/t12-/m0/s1. The lowest BCUT2D eigenvalue weighted by Crippen LogP contribution is -2.33. The van der Waals surface area contributed by atoms with E-state index in [2.05, 4.69) is 5.32 Å². The van der Waals surface area contributed by atoms with Crippen LogP contribution in [-0.2, 0) is 19.1 Å². The van der Waals surface area contributed by atoms with Gasteiger partial charge in [0.25, 0.3) is 5.91 Å². The molecule has 8 nitrogen and oxygen atoms in total. The number of esters is 1. The molecule has 0 unspecified atom stereocenters. The Morgan fingerprint density at radius 2 is 2.04 bits per heavy atom. The summed E-state index contributed by atoms with van der Waals surface area (Å²) in [5, 5.41) is 3.19. The number of amides is 4. The molecule has 1 aromatic carbocycles. The Kier molecular flexibility index (Phi) is 6.79. The lowest BCUT2D eigenvalue weighted by atomic mass is 10.2. The van der Waals surface area contributed by atoms with Gasteiger partial charge in [-0.3, -0.25) is 19.3 Å². The van der Waals surface area contributed by atoms with Gasteiger partial charge in [-0.25, -0.2) is 4.79 Å². The Hall–Kier alpha value is -2.61.